The van der Waals surface area contributed by atoms with Crippen molar-refractivity contribution in [3.05, 3.63) is 29.8 Å². The number of hydrogen-bond acceptors (Lipinski definition) is 6. The van der Waals surface area contributed by atoms with Gasteiger partial charge in [-0.25, -0.2) is 4.79 Å². The Bertz CT molecular complexity index is 479. The lowest BCUT2D eigenvalue weighted by Crippen LogP contribution is -2.13. The summed E-state index contributed by atoms with van der Waals surface area (Å²) in [5.74, 6) is 0.804. The van der Waals surface area contributed by atoms with Crippen LogP contribution in [0.3, 0.4) is 0 Å². The third kappa shape index (κ3) is 7.31. The molecule has 0 unspecified atom stereocenters. The standard InChI is InChI=1S/C15H21NO5.ClH/c1-18-13-5-3-12(11-14(13)19-2)4-6-15(17)21-10-9-20-8-7-16;/h3-6,11H,7-10,16H2,1-2H3;1H/b6-4+;. The molecule has 0 bridgehead atoms. The molecule has 0 aliphatic carbocycles. The van der Waals surface area contributed by atoms with Gasteiger partial charge in [-0.15, -0.1) is 12.4 Å². The lowest BCUT2D eigenvalue weighted by Gasteiger charge is -2.07. The Morgan fingerprint density at radius 3 is 2.50 bits per heavy atom. The minimum absolute atomic E-state index is 0. The van der Waals surface area contributed by atoms with Gasteiger partial charge in [-0.05, 0) is 23.8 Å². The molecule has 0 atom stereocenters. The molecular formula is C15H22ClNO5. The van der Waals surface area contributed by atoms with E-state index in [1.165, 1.54) is 6.08 Å². The molecule has 2 N–H and O–H groups in total. The van der Waals surface area contributed by atoms with Crippen LogP contribution >= 0.6 is 12.4 Å². The summed E-state index contributed by atoms with van der Waals surface area (Å²) in [5, 5.41) is 0. The first-order chi connectivity index (χ1) is 10.2. The van der Waals surface area contributed by atoms with Crippen LogP contribution < -0.4 is 15.2 Å². The number of ether oxygens (including phenoxy) is 4. The van der Waals surface area contributed by atoms with Gasteiger partial charge in [-0.1, -0.05) is 6.07 Å². The highest BCUT2D eigenvalue weighted by Crippen LogP contribution is 2.27. The molecule has 7 heteroatoms. The fourth-order valence-electron chi connectivity index (χ4n) is 1.56. The zero-order valence-corrected chi connectivity index (χ0v) is 13.6. The summed E-state index contributed by atoms with van der Waals surface area (Å²) in [7, 11) is 3.12. The number of halogens is 1. The molecule has 124 valence electrons. The van der Waals surface area contributed by atoms with Gasteiger partial charge in [0.2, 0.25) is 0 Å². The van der Waals surface area contributed by atoms with Crippen molar-refractivity contribution in [3.8, 4) is 11.5 Å². The average molecular weight is 332 g/mol. The molecule has 0 aliphatic rings. The fraction of sp³-hybridized carbons (Fsp3) is 0.400. The maximum absolute atomic E-state index is 11.5. The minimum Gasteiger partial charge on any atom is -0.493 e. The van der Waals surface area contributed by atoms with Gasteiger partial charge in [0.25, 0.3) is 0 Å². The molecule has 0 fully saturated rings. The smallest absolute Gasteiger partial charge is 0.330 e. The van der Waals surface area contributed by atoms with Crippen LogP contribution in [0.15, 0.2) is 24.3 Å². The van der Waals surface area contributed by atoms with Crippen LogP contribution in [0.4, 0.5) is 0 Å². The van der Waals surface area contributed by atoms with E-state index in [0.717, 1.165) is 5.56 Å². The number of hydrogen-bond donors (Lipinski definition) is 1. The van der Waals surface area contributed by atoms with Crippen molar-refractivity contribution in [1.29, 1.82) is 0 Å². The van der Waals surface area contributed by atoms with Crippen molar-refractivity contribution in [2.45, 2.75) is 0 Å². The van der Waals surface area contributed by atoms with Gasteiger partial charge in [0, 0.05) is 12.6 Å². The van der Waals surface area contributed by atoms with Gasteiger partial charge in [0.05, 0.1) is 27.4 Å². The Hall–Kier alpha value is -1.76. The second-order valence-electron chi connectivity index (χ2n) is 4.02. The zero-order chi connectivity index (χ0) is 15.5. The highest BCUT2D eigenvalue weighted by atomic mass is 35.5. The second kappa shape index (κ2) is 11.9. The number of methoxy groups -OCH3 is 2. The molecule has 0 aromatic heterocycles. The lowest BCUT2D eigenvalue weighted by atomic mass is 10.2. The summed E-state index contributed by atoms with van der Waals surface area (Å²) < 4.78 is 20.4. The third-order valence-corrected chi connectivity index (χ3v) is 2.55. The van der Waals surface area contributed by atoms with Gasteiger partial charge in [-0.3, -0.25) is 0 Å². The molecule has 0 radical (unpaired) electrons. The Morgan fingerprint density at radius 1 is 1.14 bits per heavy atom. The predicted octanol–water partition coefficient (Wildman–Crippen LogP) is 1.66. The summed E-state index contributed by atoms with van der Waals surface area (Å²) in [5.41, 5.74) is 6.07. The van der Waals surface area contributed by atoms with Crippen LogP contribution in [-0.2, 0) is 14.3 Å². The lowest BCUT2D eigenvalue weighted by molar-refractivity contribution is -0.139. The molecule has 1 aromatic carbocycles. The van der Waals surface area contributed by atoms with Gasteiger partial charge >= 0.3 is 5.97 Å². The van der Waals surface area contributed by atoms with Gasteiger partial charge in [0.15, 0.2) is 11.5 Å². The Labute approximate surface area is 136 Å². The van der Waals surface area contributed by atoms with E-state index >= 15 is 0 Å². The summed E-state index contributed by atoms with van der Waals surface area (Å²) >= 11 is 0. The SMILES string of the molecule is COc1ccc(/C=C/C(=O)OCCOCCN)cc1OC.Cl. The molecule has 0 saturated carbocycles. The molecule has 6 nitrogen and oxygen atoms in total. The van der Waals surface area contributed by atoms with Gasteiger partial charge in [0.1, 0.15) is 6.61 Å². The van der Waals surface area contributed by atoms with Crippen molar-refractivity contribution in [3.63, 3.8) is 0 Å². The first-order valence-corrected chi connectivity index (χ1v) is 6.56. The highest BCUT2D eigenvalue weighted by Gasteiger charge is 2.03. The molecule has 0 aliphatic heterocycles. The van der Waals surface area contributed by atoms with Crippen molar-refractivity contribution >= 4 is 24.5 Å². The fourth-order valence-corrected chi connectivity index (χ4v) is 1.56. The van der Waals surface area contributed by atoms with E-state index in [9.17, 15) is 4.79 Å². The molecule has 22 heavy (non-hydrogen) atoms. The van der Waals surface area contributed by atoms with Gasteiger partial charge in [-0.2, -0.15) is 0 Å². The summed E-state index contributed by atoms with van der Waals surface area (Å²) in [6.07, 6.45) is 3.00. The van der Waals surface area contributed by atoms with Crippen LogP contribution in [0.2, 0.25) is 0 Å². The van der Waals surface area contributed by atoms with Crippen molar-refractivity contribution < 1.29 is 23.7 Å². The summed E-state index contributed by atoms with van der Waals surface area (Å²) in [6.45, 7) is 1.45. The van der Waals surface area contributed by atoms with Crippen molar-refractivity contribution in [2.24, 2.45) is 5.73 Å². The normalized spacial score (nSPS) is 10.1. The predicted molar refractivity (Wildman–Crippen MR) is 86.7 cm³/mol. The summed E-state index contributed by atoms with van der Waals surface area (Å²) in [6, 6.07) is 5.35. The van der Waals surface area contributed by atoms with Crippen LogP contribution in [0.25, 0.3) is 6.08 Å². The first-order valence-electron chi connectivity index (χ1n) is 6.56. The van der Waals surface area contributed by atoms with E-state index in [1.54, 1.807) is 32.4 Å². The number of benzene rings is 1. The quantitative estimate of drug-likeness (QED) is 0.421. The summed E-state index contributed by atoms with van der Waals surface area (Å²) in [4.78, 5) is 11.5. The zero-order valence-electron chi connectivity index (χ0n) is 12.7. The van der Waals surface area contributed by atoms with E-state index in [2.05, 4.69) is 0 Å². The van der Waals surface area contributed by atoms with Crippen LogP contribution in [-0.4, -0.2) is 46.6 Å². The number of carbonyl (C=O) groups excluding carboxylic acids is 1. The van der Waals surface area contributed by atoms with E-state index in [0.29, 0.717) is 31.3 Å². The van der Waals surface area contributed by atoms with Crippen LogP contribution in [0.5, 0.6) is 11.5 Å². The van der Waals surface area contributed by atoms with E-state index < -0.39 is 5.97 Å². The third-order valence-electron chi connectivity index (χ3n) is 2.55. The van der Waals surface area contributed by atoms with E-state index in [4.69, 9.17) is 24.7 Å². The molecule has 0 heterocycles. The maximum atomic E-state index is 11.5. The molecule has 1 rings (SSSR count). The molecule has 0 saturated heterocycles. The minimum atomic E-state index is -0.430. The Kier molecular flexibility index (Phi) is 10.9. The molecule has 1 aromatic rings. The van der Waals surface area contributed by atoms with Crippen molar-refractivity contribution in [1.82, 2.24) is 0 Å². The highest BCUT2D eigenvalue weighted by molar-refractivity contribution is 5.87. The Morgan fingerprint density at radius 2 is 1.86 bits per heavy atom. The van der Waals surface area contributed by atoms with E-state index in [1.807, 2.05) is 6.07 Å². The number of nitrogens with two attached hydrogens (primary N) is 1. The number of rotatable bonds is 9. The topological polar surface area (TPSA) is 80.0 Å². The number of esters is 1. The maximum Gasteiger partial charge on any atom is 0.330 e. The van der Waals surface area contributed by atoms with Crippen LogP contribution in [0, 0.1) is 0 Å². The van der Waals surface area contributed by atoms with Crippen LogP contribution in [0.1, 0.15) is 5.56 Å². The molecule has 0 spiro atoms. The second-order valence-corrected chi connectivity index (χ2v) is 4.02. The largest absolute Gasteiger partial charge is 0.493 e. The van der Waals surface area contributed by atoms with Crippen molar-refractivity contribution in [2.75, 3.05) is 40.6 Å². The average Bonchev–Trinajstić information content (AvgIpc) is 2.52. The molecular weight excluding hydrogens is 310 g/mol. The number of carbonyl (C=O) groups is 1. The van der Waals surface area contributed by atoms with Gasteiger partial charge < -0.3 is 24.7 Å². The van der Waals surface area contributed by atoms with E-state index in [-0.39, 0.29) is 19.0 Å². The monoisotopic (exact) mass is 331 g/mol. The molecule has 0 amide bonds. The Balaban J connectivity index is 0.00000441. The first kappa shape index (κ1) is 20.2.